The monoisotopic (exact) mass is 558 g/mol. The van der Waals surface area contributed by atoms with Crippen molar-refractivity contribution in [3.8, 4) is 28.9 Å². The van der Waals surface area contributed by atoms with E-state index in [1.54, 1.807) is 27.7 Å². The van der Waals surface area contributed by atoms with E-state index >= 15 is 0 Å². The molecule has 0 radical (unpaired) electrons. The van der Waals surface area contributed by atoms with Crippen LogP contribution in [0.4, 0.5) is 11.6 Å². The third-order valence-corrected chi connectivity index (χ3v) is 7.38. The summed E-state index contributed by atoms with van der Waals surface area (Å²) in [6.45, 7) is 11.3. The quantitative estimate of drug-likeness (QED) is 0.283. The molecule has 1 fully saturated rings. The number of pyridine rings is 1. The molecule has 2 aromatic heterocycles. The van der Waals surface area contributed by atoms with Crippen molar-refractivity contribution < 1.29 is 18.9 Å². The van der Waals surface area contributed by atoms with Gasteiger partial charge >= 0.3 is 0 Å². The average molecular weight is 559 g/mol. The topological polar surface area (TPSA) is 103 Å². The Morgan fingerprint density at radius 1 is 0.976 bits per heavy atom. The molecular weight excluding hydrogens is 520 g/mol. The first-order valence-corrected chi connectivity index (χ1v) is 13.7. The second-order valence-electron chi connectivity index (χ2n) is 10.8. The van der Waals surface area contributed by atoms with Crippen LogP contribution in [0.3, 0.4) is 0 Å². The Hall–Kier alpha value is -4.31. The maximum Gasteiger partial charge on any atom is 0.234 e. The van der Waals surface area contributed by atoms with E-state index in [2.05, 4.69) is 39.3 Å². The number of aryl methyl sites for hydroxylation is 1. The molecule has 3 heterocycles. The summed E-state index contributed by atoms with van der Waals surface area (Å²) in [5.74, 6) is 4.74. The van der Waals surface area contributed by atoms with E-state index in [0.29, 0.717) is 29.4 Å². The number of nitrogens with one attached hydrogen (secondary N) is 2. The minimum absolute atomic E-state index is 0.0499. The van der Waals surface area contributed by atoms with Crippen LogP contribution in [0.1, 0.15) is 30.5 Å². The number of benzene rings is 2. The van der Waals surface area contributed by atoms with Crippen LogP contribution in [0.15, 0.2) is 42.7 Å². The Labute approximate surface area is 241 Å². The molecule has 0 saturated carbocycles. The van der Waals surface area contributed by atoms with Crippen LogP contribution in [-0.4, -0.2) is 61.5 Å². The van der Waals surface area contributed by atoms with Crippen LogP contribution in [0.5, 0.6) is 28.9 Å². The number of hydrogen-bond donors (Lipinski definition) is 2. The molecule has 1 aliphatic rings. The third-order valence-electron chi connectivity index (χ3n) is 7.38. The van der Waals surface area contributed by atoms with Gasteiger partial charge in [0.25, 0.3) is 0 Å². The van der Waals surface area contributed by atoms with Gasteiger partial charge in [0, 0.05) is 55.0 Å². The first kappa shape index (κ1) is 28.2. The molecule has 0 unspecified atom stereocenters. The van der Waals surface area contributed by atoms with Crippen LogP contribution in [0.2, 0.25) is 0 Å². The lowest BCUT2D eigenvalue weighted by atomic mass is 10.0. The van der Waals surface area contributed by atoms with E-state index in [-0.39, 0.29) is 5.54 Å². The standard InChI is InChI=1S/C31H38N6O4/c1-19-8-11-24(39-6)20(2)28(19)41-30-27-23(15-26(36-30)37-13-12-35-31(3,4)17-37)33-18-34-29(27)32-16-21-9-10-22(38-5)14-25(21)40-7/h8-11,14-15,18,35H,12-13,16-17H2,1-7H3,(H,32,33,34). The second kappa shape index (κ2) is 11.7. The molecule has 0 atom stereocenters. The first-order valence-electron chi connectivity index (χ1n) is 13.7. The summed E-state index contributed by atoms with van der Waals surface area (Å²) in [6.07, 6.45) is 1.56. The van der Waals surface area contributed by atoms with Crippen molar-refractivity contribution in [3.63, 3.8) is 0 Å². The number of aromatic nitrogens is 3. The number of ether oxygens (including phenoxy) is 4. The number of hydrogen-bond acceptors (Lipinski definition) is 10. The zero-order valence-corrected chi connectivity index (χ0v) is 24.8. The number of fused-ring (bicyclic) bond motifs is 1. The zero-order chi connectivity index (χ0) is 29.1. The summed E-state index contributed by atoms with van der Waals surface area (Å²) >= 11 is 0. The van der Waals surface area contributed by atoms with Gasteiger partial charge in [0.1, 0.15) is 46.3 Å². The molecule has 0 spiro atoms. The van der Waals surface area contributed by atoms with Gasteiger partial charge in [0.05, 0.1) is 26.8 Å². The van der Waals surface area contributed by atoms with E-state index in [1.807, 2.05) is 50.2 Å². The molecule has 4 aromatic rings. The SMILES string of the molecule is COc1ccc(CNc2ncnc3cc(N4CCNC(C)(C)C4)nc(Oc4c(C)ccc(OC)c4C)c23)c(OC)c1. The molecule has 41 heavy (non-hydrogen) atoms. The van der Waals surface area contributed by atoms with Gasteiger partial charge < -0.3 is 34.5 Å². The van der Waals surface area contributed by atoms with E-state index < -0.39 is 0 Å². The molecule has 10 heteroatoms. The Kier molecular flexibility index (Phi) is 8.03. The predicted molar refractivity (Wildman–Crippen MR) is 161 cm³/mol. The molecule has 5 rings (SSSR count). The minimum Gasteiger partial charge on any atom is -0.497 e. The summed E-state index contributed by atoms with van der Waals surface area (Å²) in [7, 11) is 4.94. The molecule has 2 aromatic carbocycles. The lowest BCUT2D eigenvalue weighted by Crippen LogP contribution is -2.57. The number of piperazine rings is 1. The lowest BCUT2D eigenvalue weighted by molar-refractivity contribution is 0.351. The molecule has 216 valence electrons. The molecule has 1 saturated heterocycles. The maximum absolute atomic E-state index is 6.65. The van der Waals surface area contributed by atoms with Gasteiger partial charge in [-0.25, -0.2) is 9.97 Å². The minimum atomic E-state index is -0.0499. The van der Waals surface area contributed by atoms with Gasteiger partial charge in [-0.15, -0.1) is 0 Å². The van der Waals surface area contributed by atoms with Crippen LogP contribution >= 0.6 is 0 Å². The van der Waals surface area contributed by atoms with Gasteiger partial charge in [-0.1, -0.05) is 6.07 Å². The number of methoxy groups -OCH3 is 3. The number of anilines is 2. The van der Waals surface area contributed by atoms with Crippen LogP contribution < -0.4 is 34.5 Å². The van der Waals surface area contributed by atoms with E-state index in [1.165, 1.54) is 0 Å². The van der Waals surface area contributed by atoms with Gasteiger partial charge in [-0.05, 0) is 51.5 Å². The molecule has 0 aliphatic carbocycles. The van der Waals surface area contributed by atoms with Crippen LogP contribution in [0, 0.1) is 13.8 Å². The summed E-state index contributed by atoms with van der Waals surface area (Å²) < 4.78 is 23.2. The Bertz CT molecular complexity index is 1560. The summed E-state index contributed by atoms with van der Waals surface area (Å²) in [4.78, 5) is 16.6. The number of rotatable bonds is 9. The Morgan fingerprint density at radius 3 is 2.51 bits per heavy atom. The third kappa shape index (κ3) is 5.92. The molecule has 1 aliphatic heterocycles. The van der Waals surface area contributed by atoms with Gasteiger partial charge in [0.15, 0.2) is 0 Å². The molecule has 2 N–H and O–H groups in total. The second-order valence-corrected chi connectivity index (χ2v) is 10.8. The zero-order valence-electron chi connectivity index (χ0n) is 24.8. The smallest absolute Gasteiger partial charge is 0.234 e. The van der Waals surface area contributed by atoms with Crippen molar-refractivity contribution in [1.29, 1.82) is 0 Å². The van der Waals surface area contributed by atoms with Crippen molar-refractivity contribution in [2.75, 3.05) is 51.2 Å². The Balaban J connectivity index is 1.60. The van der Waals surface area contributed by atoms with Crippen molar-refractivity contribution >= 4 is 22.5 Å². The normalized spacial score (nSPS) is 14.6. The molecule has 10 nitrogen and oxygen atoms in total. The fourth-order valence-corrected chi connectivity index (χ4v) is 5.20. The van der Waals surface area contributed by atoms with Gasteiger partial charge in [-0.2, -0.15) is 4.98 Å². The highest BCUT2D eigenvalue weighted by atomic mass is 16.5. The van der Waals surface area contributed by atoms with Crippen molar-refractivity contribution in [3.05, 3.63) is 59.4 Å². The summed E-state index contributed by atoms with van der Waals surface area (Å²) in [6, 6.07) is 11.7. The Morgan fingerprint density at radius 2 is 1.78 bits per heavy atom. The highest BCUT2D eigenvalue weighted by molar-refractivity contribution is 5.95. The van der Waals surface area contributed by atoms with Crippen molar-refractivity contribution in [1.82, 2.24) is 20.3 Å². The largest absolute Gasteiger partial charge is 0.497 e. The van der Waals surface area contributed by atoms with Crippen molar-refractivity contribution in [2.24, 2.45) is 0 Å². The molecule has 0 bridgehead atoms. The fourth-order valence-electron chi connectivity index (χ4n) is 5.20. The fraction of sp³-hybridized carbons (Fsp3) is 0.387. The highest BCUT2D eigenvalue weighted by Gasteiger charge is 2.28. The van der Waals surface area contributed by atoms with Gasteiger partial charge in [-0.3, -0.25) is 0 Å². The number of nitrogens with zero attached hydrogens (tertiary/aromatic N) is 4. The average Bonchev–Trinajstić information content (AvgIpc) is 2.97. The van der Waals surface area contributed by atoms with Crippen molar-refractivity contribution in [2.45, 2.75) is 39.8 Å². The molecular formula is C31H38N6O4. The lowest BCUT2D eigenvalue weighted by Gasteiger charge is -2.39. The van der Waals surface area contributed by atoms with E-state index in [0.717, 1.165) is 64.9 Å². The summed E-state index contributed by atoms with van der Waals surface area (Å²) in [5.41, 5.74) is 3.51. The van der Waals surface area contributed by atoms with Crippen LogP contribution in [0.25, 0.3) is 10.9 Å². The van der Waals surface area contributed by atoms with Gasteiger partial charge in [0.2, 0.25) is 5.88 Å². The van der Waals surface area contributed by atoms with E-state index in [4.69, 9.17) is 23.9 Å². The first-order chi connectivity index (χ1) is 19.7. The van der Waals surface area contributed by atoms with Crippen LogP contribution in [-0.2, 0) is 6.54 Å². The molecule has 0 amide bonds. The highest BCUT2D eigenvalue weighted by Crippen LogP contribution is 2.39. The maximum atomic E-state index is 6.65. The summed E-state index contributed by atoms with van der Waals surface area (Å²) in [5, 5.41) is 7.73. The van der Waals surface area contributed by atoms with E-state index in [9.17, 15) is 0 Å². The predicted octanol–water partition coefficient (Wildman–Crippen LogP) is 5.26.